The van der Waals surface area contributed by atoms with Crippen LogP contribution in [0.25, 0.3) is 0 Å². The van der Waals surface area contributed by atoms with Gasteiger partial charge in [-0.25, -0.2) is 0 Å². The predicted octanol–water partition coefficient (Wildman–Crippen LogP) is 3.38. The van der Waals surface area contributed by atoms with E-state index in [1.807, 2.05) is 32.1 Å². The summed E-state index contributed by atoms with van der Waals surface area (Å²) in [6, 6.07) is 11.0. The Bertz CT molecular complexity index is 372. The zero-order valence-corrected chi connectivity index (χ0v) is 16.5. The van der Waals surface area contributed by atoms with Gasteiger partial charge in [0.2, 0.25) is 0 Å². The molecule has 0 spiro atoms. The fourth-order valence-electron chi connectivity index (χ4n) is 1.46. The Labute approximate surface area is 149 Å². The van der Waals surface area contributed by atoms with Crippen LogP contribution in [0, 0.1) is 45.4 Å². The van der Waals surface area contributed by atoms with Crippen LogP contribution in [0.2, 0.25) is 26.2 Å². The van der Waals surface area contributed by atoms with Gasteiger partial charge >= 0.3 is 22.6 Å². The molecule has 1 saturated carbocycles. The average molecular weight is 370 g/mol. The molecular weight excluding hydrogens is 348 g/mol. The van der Waals surface area contributed by atoms with E-state index in [-0.39, 0.29) is 25.4 Å². The van der Waals surface area contributed by atoms with Crippen LogP contribution in [0.15, 0.2) is 30.3 Å². The maximum Gasteiger partial charge on any atom is 0 e. The van der Waals surface area contributed by atoms with Crippen molar-refractivity contribution >= 4 is 21.1 Å². The summed E-state index contributed by atoms with van der Waals surface area (Å²) in [6.45, 7) is 18.8. The van der Waals surface area contributed by atoms with Crippen molar-refractivity contribution in [1.82, 2.24) is 0 Å². The van der Waals surface area contributed by atoms with E-state index < -0.39 is 7.59 Å². The average Bonchev–Trinajstić information content (AvgIpc) is 3.11. The third-order valence-corrected chi connectivity index (χ3v) is 15.9. The molecule has 5 heteroatoms. The van der Waals surface area contributed by atoms with Crippen LogP contribution in [0.1, 0.15) is 0 Å². The standard InChI is InChI=1S/C10H17Si2.C5H5.2CO.Fe/c1-11(2)12(3,4)10-8-6-5-7-9-10;1-2-4-5-3-1;2*1-2;/h5-9H,1-4H3;1-5H;;;. The van der Waals surface area contributed by atoms with Gasteiger partial charge in [0.1, 0.15) is 0 Å². The van der Waals surface area contributed by atoms with Gasteiger partial charge in [0, 0.05) is 25.4 Å². The van der Waals surface area contributed by atoms with Gasteiger partial charge in [-0.1, -0.05) is 61.7 Å². The van der Waals surface area contributed by atoms with Crippen molar-refractivity contribution < 1.29 is 26.4 Å². The third kappa shape index (κ3) is 11.3. The van der Waals surface area contributed by atoms with Crippen LogP contribution in [0.4, 0.5) is 0 Å². The Kier molecular flexibility index (Phi) is 20.5. The molecule has 0 saturated heterocycles. The third-order valence-electron chi connectivity index (χ3n) is 3.30. The number of rotatable bonds is 2. The quantitative estimate of drug-likeness (QED) is 0.435. The first-order valence-corrected chi connectivity index (χ1v) is 13.0. The minimum absolute atomic E-state index is 0. The molecule has 1 aliphatic carbocycles. The van der Waals surface area contributed by atoms with E-state index in [2.05, 4.69) is 69.8 Å². The molecule has 0 unspecified atom stereocenters. The van der Waals surface area contributed by atoms with E-state index in [0.717, 1.165) is 0 Å². The topological polar surface area (TPSA) is 39.8 Å². The fraction of sp³-hybridized carbons (Fsp3) is 0.235. The van der Waals surface area contributed by atoms with Crippen LogP contribution in [0.5, 0.6) is 0 Å². The molecule has 0 atom stereocenters. The van der Waals surface area contributed by atoms with Crippen LogP contribution < -0.4 is 5.19 Å². The summed E-state index contributed by atoms with van der Waals surface area (Å²) in [5.41, 5.74) is 0. The largest absolute Gasteiger partial charge is 0.0312 e. The molecule has 22 heavy (non-hydrogen) atoms. The Morgan fingerprint density at radius 3 is 1.36 bits per heavy atom. The predicted molar refractivity (Wildman–Crippen MR) is 90.4 cm³/mol. The zero-order valence-electron chi connectivity index (χ0n) is 13.4. The summed E-state index contributed by atoms with van der Waals surface area (Å²) >= 11 is 0. The fourth-order valence-corrected chi connectivity index (χ4v) is 5.30. The first kappa shape index (κ1) is 26.5. The van der Waals surface area contributed by atoms with Gasteiger partial charge in [0.15, 0.2) is 0 Å². The van der Waals surface area contributed by atoms with Gasteiger partial charge in [-0.05, 0) is 32.1 Å². The first-order valence-electron chi connectivity index (χ1n) is 6.49. The van der Waals surface area contributed by atoms with E-state index >= 15 is 0 Å². The number of hydrogen-bond donors (Lipinski definition) is 0. The molecule has 0 aliphatic heterocycles. The maximum atomic E-state index is 7.50. The Balaban J connectivity index is -0.000000303. The van der Waals surface area contributed by atoms with Gasteiger partial charge in [-0.3, -0.25) is 0 Å². The van der Waals surface area contributed by atoms with Gasteiger partial charge in [0.25, 0.3) is 0 Å². The van der Waals surface area contributed by atoms with Gasteiger partial charge in [-0.15, -0.1) is 0 Å². The zero-order chi connectivity index (χ0) is 16.7. The number of hydrogen-bond acceptors (Lipinski definition) is 0. The smallest absolute Gasteiger partial charge is 0 e. The van der Waals surface area contributed by atoms with Crippen LogP contribution in [-0.2, 0) is 26.4 Å². The molecule has 1 aromatic rings. The van der Waals surface area contributed by atoms with Crippen molar-refractivity contribution in [3.63, 3.8) is 0 Å². The minimum atomic E-state index is -1.05. The van der Waals surface area contributed by atoms with Crippen molar-refractivity contribution in [3.05, 3.63) is 75.7 Å². The molecular formula is C17H22FeO2Si2. The normalized spacial score (nSPS) is 12.2. The summed E-state index contributed by atoms with van der Waals surface area (Å²) in [5.74, 6) is 0. The Morgan fingerprint density at radius 2 is 1.09 bits per heavy atom. The molecule has 118 valence electrons. The van der Waals surface area contributed by atoms with E-state index in [1.54, 1.807) is 5.19 Å². The molecule has 1 aromatic carbocycles. The molecule has 0 bridgehead atoms. The second kappa shape index (κ2) is 17.0. The summed E-state index contributed by atoms with van der Waals surface area (Å²) in [7, 11) is -1.18. The SMILES string of the molecule is C[Si](C)[Si](C)(C)c1ccccc1.[C-]#[O+].[C-]#[O+].[CH]1[CH][CH][CH][CH]1.[Fe]. The van der Waals surface area contributed by atoms with Crippen molar-refractivity contribution in [2.24, 2.45) is 0 Å². The molecule has 0 N–H and O–H groups in total. The van der Waals surface area contributed by atoms with Crippen molar-refractivity contribution in [1.29, 1.82) is 0 Å². The summed E-state index contributed by atoms with van der Waals surface area (Å²) < 4.78 is 15.0. The molecule has 0 aromatic heterocycles. The van der Waals surface area contributed by atoms with Crippen LogP contribution in [0.3, 0.4) is 0 Å². The van der Waals surface area contributed by atoms with Crippen molar-refractivity contribution in [2.75, 3.05) is 0 Å². The van der Waals surface area contributed by atoms with E-state index in [1.165, 1.54) is 0 Å². The van der Waals surface area contributed by atoms with Crippen molar-refractivity contribution in [3.8, 4) is 0 Å². The second-order valence-electron chi connectivity index (χ2n) is 4.95. The monoisotopic (exact) mass is 370 g/mol. The van der Waals surface area contributed by atoms with Crippen molar-refractivity contribution in [2.45, 2.75) is 26.2 Å². The summed E-state index contributed by atoms with van der Waals surface area (Å²) in [6.07, 6.45) is 10.0. The van der Waals surface area contributed by atoms with Crippen LogP contribution >= 0.6 is 0 Å². The Morgan fingerprint density at radius 1 is 0.773 bits per heavy atom. The van der Waals surface area contributed by atoms with E-state index in [0.29, 0.717) is 0 Å². The summed E-state index contributed by atoms with van der Waals surface area (Å²) in [5, 5.41) is 1.61. The van der Waals surface area contributed by atoms with Gasteiger partial charge < -0.3 is 0 Å². The second-order valence-corrected chi connectivity index (χ2v) is 17.5. The molecule has 2 rings (SSSR count). The first-order chi connectivity index (χ1) is 10.0. The molecule has 1 aliphatic rings. The minimum Gasteiger partial charge on any atom is -0.0312 e. The van der Waals surface area contributed by atoms with E-state index in [9.17, 15) is 0 Å². The molecule has 2 nitrogen and oxygen atoms in total. The Hall–Kier alpha value is -0.347. The van der Waals surface area contributed by atoms with Crippen LogP contribution in [-0.4, -0.2) is 15.9 Å². The summed E-state index contributed by atoms with van der Waals surface area (Å²) in [4.78, 5) is 0. The van der Waals surface area contributed by atoms with Gasteiger partial charge in [-0.2, -0.15) is 0 Å². The molecule has 1 fully saturated rings. The number of benzene rings is 1. The maximum absolute atomic E-state index is 7.50. The molecule has 0 heterocycles. The molecule has 0 amide bonds. The molecule has 6 radical (unpaired) electrons. The van der Waals surface area contributed by atoms with E-state index in [4.69, 9.17) is 9.30 Å². The van der Waals surface area contributed by atoms with Gasteiger partial charge in [0.05, 0.1) is 7.59 Å².